The number of unbranched alkanes of at least 4 members (excludes halogenated alkanes) is 3. The molecule has 3 N–H and O–H groups in total. The fraction of sp³-hybridized carbons (Fsp3) is 0.545. The number of nitrogens with one attached hydrogen (secondary N) is 1. The van der Waals surface area contributed by atoms with Crippen LogP contribution in [0.3, 0.4) is 0 Å². The van der Waals surface area contributed by atoms with Crippen molar-refractivity contribution in [1.82, 2.24) is 4.98 Å². The second-order valence-electron chi connectivity index (χ2n) is 3.83. The van der Waals surface area contributed by atoms with Crippen LogP contribution in [0.2, 0.25) is 0 Å². The fourth-order valence-electron chi connectivity index (χ4n) is 1.46. The highest BCUT2D eigenvalue weighted by Crippen LogP contribution is 2.26. The Labute approximate surface area is 105 Å². The molecule has 0 aliphatic heterocycles. The number of hydrazine groups is 1. The van der Waals surface area contributed by atoms with E-state index in [1.807, 2.05) is 0 Å². The molecule has 0 aliphatic carbocycles. The highest BCUT2D eigenvalue weighted by Gasteiger charge is 2.17. The number of pyridine rings is 1. The van der Waals surface area contributed by atoms with Gasteiger partial charge in [-0.3, -0.25) is 10.1 Å². The first kappa shape index (κ1) is 14.2. The minimum Gasteiger partial charge on any atom is -0.473 e. The van der Waals surface area contributed by atoms with Gasteiger partial charge in [0, 0.05) is 6.07 Å². The minimum atomic E-state index is -0.519. The maximum absolute atomic E-state index is 10.8. The van der Waals surface area contributed by atoms with Gasteiger partial charge in [-0.25, -0.2) is 5.84 Å². The number of ether oxygens (including phenoxy) is 1. The zero-order valence-corrected chi connectivity index (χ0v) is 10.4. The molecular formula is C11H18N4O3. The van der Waals surface area contributed by atoms with Gasteiger partial charge in [-0.15, -0.1) is 0 Å². The van der Waals surface area contributed by atoms with E-state index in [0.717, 1.165) is 25.7 Å². The Kier molecular flexibility index (Phi) is 5.86. The van der Waals surface area contributed by atoms with Crippen molar-refractivity contribution < 1.29 is 9.66 Å². The van der Waals surface area contributed by atoms with Gasteiger partial charge in [0.05, 0.1) is 11.5 Å². The summed E-state index contributed by atoms with van der Waals surface area (Å²) in [5.74, 6) is 5.54. The Bertz CT molecular complexity index is 398. The van der Waals surface area contributed by atoms with E-state index in [9.17, 15) is 10.1 Å². The monoisotopic (exact) mass is 254 g/mol. The zero-order valence-electron chi connectivity index (χ0n) is 10.4. The molecule has 0 aliphatic rings. The Morgan fingerprint density at radius 1 is 1.44 bits per heavy atom. The van der Waals surface area contributed by atoms with Gasteiger partial charge in [0.25, 0.3) is 5.88 Å². The molecule has 0 aromatic carbocycles. The predicted molar refractivity (Wildman–Crippen MR) is 68.3 cm³/mol. The van der Waals surface area contributed by atoms with Crippen LogP contribution in [0, 0.1) is 10.1 Å². The summed E-state index contributed by atoms with van der Waals surface area (Å²) in [6.07, 6.45) is 4.15. The Balaban J connectivity index is 2.63. The van der Waals surface area contributed by atoms with Gasteiger partial charge in [0.15, 0.2) is 0 Å². The normalized spacial score (nSPS) is 10.1. The fourth-order valence-corrected chi connectivity index (χ4v) is 1.46. The molecule has 7 heteroatoms. The van der Waals surface area contributed by atoms with E-state index in [2.05, 4.69) is 17.3 Å². The lowest BCUT2D eigenvalue weighted by Crippen LogP contribution is -2.10. The van der Waals surface area contributed by atoms with Gasteiger partial charge < -0.3 is 10.2 Å². The summed E-state index contributed by atoms with van der Waals surface area (Å²) >= 11 is 0. The first-order chi connectivity index (χ1) is 8.69. The summed E-state index contributed by atoms with van der Waals surface area (Å²) in [5, 5.41) is 10.8. The average Bonchev–Trinajstić information content (AvgIpc) is 2.38. The molecule has 100 valence electrons. The van der Waals surface area contributed by atoms with Crippen LogP contribution in [-0.4, -0.2) is 16.5 Å². The SMILES string of the molecule is CCCCCCOc1nc(NN)ccc1[N+](=O)[O-]. The van der Waals surface area contributed by atoms with Gasteiger partial charge in [0.1, 0.15) is 5.82 Å². The van der Waals surface area contributed by atoms with Crippen LogP contribution < -0.4 is 16.0 Å². The lowest BCUT2D eigenvalue weighted by atomic mass is 10.2. The van der Waals surface area contributed by atoms with Crippen LogP contribution in [0.25, 0.3) is 0 Å². The molecular weight excluding hydrogens is 236 g/mol. The van der Waals surface area contributed by atoms with Crippen LogP contribution >= 0.6 is 0 Å². The maximum Gasteiger partial charge on any atom is 0.331 e. The van der Waals surface area contributed by atoms with E-state index in [1.165, 1.54) is 12.1 Å². The molecule has 1 heterocycles. The van der Waals surface area contributed by atoms with Crippen molar-refractivity contribution in [3.63, 3.8) is 0 Å². The zero-order chi connectivity index (χ0) is 13.4. The molecule has 0 spiro atoms. The minimum absolute atomic E-state index is 0.00643. The van der Waals surface area contributed by atoms with Gasteiger partial charge >= 0.3 is 5.69 Å². The number of nitrogens with two attached hydrogens (primary N) is 1. The Hall–Kier alpha value is -1.89. The summed E-state index contributed by atoms with van der Waals surface area (Å²) in [4.78, 5) is 14.2. The largest absolute Gasteiger partial charge is 0.473 e. The molecule has 0 radical (unpaired) electrons. The third-order valence-electron chi connectivity index (χ3n) is 2.42. The van der Waals surface area contributed by atoms with Crippen LogP contribution in [-0.2, 0) is 0 Å². The standard InChI is InChI=1S/C11H18N4O3/c1-2-3-4-5-8-18-11-9(15(16)17)6-7-10(13-11)14-12/h6-7H,2-5,8,12H2,1H3,(H,13,14). The molecule has 0 atom stereocenters. The number of hydrogen-bond acceptors (Lipinski definition) is 6. The molecule has 1 aromatic heterocycles. The number of nitrogens with zero attached hydrogens (tertiary/aromatic N) is 2. The van der Waals surface area contributed by atoms with Crippen molar-refractivity contribution in [2.75, 3.05) is 12.0 Å². The quantitative estimate of drug-likeness (QED) is 0.319. The first-order valence-corrected chi connectivity index (χ1v) is 5.94. The lowest BCUT2D eigenvalue weighted by Gasteiger charge is -2.07. The van der Waals surface area contributed by atoms with Crippen LogP contribution in [0.1, 0.15) is 32.6 Å². The average molecular weight is 254 g/mol. The molecule has 1 rings (SSSR count). The third kappa shape index (κ3) is 4.17. The van der Waals surface area contributed by atoms with Crippen molar-refractivity contribution in [1.29, 1.82) is 0 Å². The molecule has 7 nitrogen and oxygen atoms in total. The van der Waals surface area contributed by atoms with E-state index >= 15 is 0 Å². The van der Waals surface area contributed by atoms with E-state index in [4.69, 9.17) is 10.6 Å². The molecule has 18 heavy (non-hydrogen) atoms. The smallest absolute Gasteiger partial charge is 0.331 e. The second kappa shape index (κ2) is 7.44. The highest BCUT2D eigenvalue weighted by molar-refractivity contribution is 5.48. The van der Waals surface area contributed by atoms with Gasteiger partial charge in [-0.2, -0.15) is 4.98 Å². The first-order valence-electron chi connectivity index (χ1n) is 5.94. The maximum atomic E-state index is 10.8. The van der Waals surface area contributed by atoms with Gasteiger partial charge in [-0.05, 0) is 12.5 Å². The molecule has 0 unspecified atom stereocenters. The number of rotatable bonds is 8. The van der Waals surface area contributed by atoms with Gasteiger partial charge in [0.2, 0.25) is 0 Å². The molecule has 0 bridgehead atoms. The van der Waals surface area contributed by atoms with Crippen molar-refractivity contribution in [3.8, 4) is 5.88 Å². The Morgan fingerprint density at radius 3 is 2.83 bits per heavy atom. The number of nitrogen functional groups attached to an aromatic ring is 1. The van der Waals surface area contributed by atoms with Crippen LogP contribution in [0.4, 0.5) is 11.5 Å². The summed E-state index contributed by atoms with van der Waals surface area (Å²) < 4.78 is 5.34. The lowest BCUT2D eigenvalue weighted by molar-refractivity contribution is -0.386. The summed E-state index contributed by atoms with van der Waals surface area (Å²) in [6.45, 7) is 2.53. The van der Waals surface area contributed by atoms with Crippen molar-refractivity contribution in [2.24, 2.45) is 5.84 Å². The second-order valence-corrected chi connectivity index (χ2v) is 3.83. The van der Waals surface area contributed by atoms with Crippen LogP contribution in [0.5, 0.6) is 5.88 Å². The number of hydrogen-bond donors (Lipinski definition) is 2. The number of nitro groups is 1. The van der Waals surface area contributed by atoms with Crippen LogP contribution in [0.15, 0.2) is 12.1 Å². The third-order valence-corrected chi connectivity index (χ3v) is 2.42. The molecule has 0 saturated heterocycles. The van der Waals surface area contributed by atoms with Crippen molar-refractivity contribution >= 4 is 11.5 Å². The van der Waals surface area contributed by atoms with Crippen molar-refractivity contribution in [3.05, 3.63) is 22.2 Å². The predicted octanol–water partition coefficient (Wildman–Crippen LogP) is 2.23. The topological polar surface area (TPSA) is 103 Å². The van der Waals surface area contributed by atoms with Gasteiger partial charge in [-0.1, -0.05) is 26.2 Å². The molecule has 0 fully saturated rings. The number of aromatic nitrogens is 1. The number of anilines is 1. The van der Waals surface area contributed by atoms with E-state index in [-0.39, 0.29) is 11.6 Å². The van der Waals surface area contributed by atoms with E-state index < -0.39 is 4.92 Å². The molecule has 1 aromatic rings. The van der Waals surface area contributed by atoms with E-state index in [1.54, 1.807) is 0 Å². The van der Waals surface area contributed by atoms with Crippen molar-refractivity contribution in [2.45, 2.75) is 32.6 Å². The molecule has 0 amide bonds. The Morgan fingerprint density at radius 2 is 2.22 bits per heavy atom. The summed E-state index contributed by atoms with van der Waals surface area (Å²) in [6, 6.07) is 2.76. The van der Waals surface area contributed by atoms with E-state index in [0.29, 0.717) is 12.4 Å². The summed E-state index contributed by atoms with van der Waals surface area (Å²) in [7, 11) is 0. The summed E-state index contributed by atoms with van der Waals surface area (Å²) in [5.41, 5.74) is 2.18. The highest BCUT2D eigenvalue weighted by atomic mass is 16.6. The molecule has 0 saturated carbocycles.